The maximum absolute atomic E-state index is 12.3. The molecule has 1 amide bonds. The average Bonchev–Trinajstić information content (AvgIpc) is 3.07. The summed E-state index contributed by atoms with van der Waals surface area (Å²) in [5.41, 5.74) is 0. The Morgan fingerprint density at radius 3 is 1.28 bits per heavy atom. The molecular weight excluding hydrogens is 578 g/mol. The topological polar surface area (TPSA) is 69.6 Å². The lowest BCUT2D eigenvalue weighted by Gasteiger charge is -2.22. The zero-order valence-corrected chi connectivity index (χ0v) is 31.8. The fourth-order valence-corrected chi connectivity index (χ4v) is 6.47. The number of aliphatic hydroxyl groups is 2. The lowest BCUT2D eigenvalue weighted by atomic mass is 10.0. The molecule has 0 aliphatic rings. The molecule has 4 nitrogen and oxygen atoms in total. The third-order valence-corrected chi connectivity index (χ3v) is 9.73. The van der Waals surface area contributed by atoms with Crippen LogP contribution >= 0.6 is 0 Å². The van der Waals surface area contributed by atoms with Crippen LogP contribution in [0, 0.1) is 0 Å². The van der Waals surface area contributed by atoms with Crippen molar-refractivity contribution in [3.8, 4) is 0 Å². The van der Waals surface area contributed by atoms with Gasteiger partial charge >= 0.3 is 0 Å². The lowest BCUT2D eigenvalue weighted by molar-refractivity contribution is -0.123. The van der Waals surface area contributed by atoms with Gasteiger partial charge < -0.3 is 15.5 Å². The highest BCUT2D eigenvalue weighted by molar-refractivity contribution is 5.76. The number of carbonyl (C=O) groups excluding carboxylic acids is 1. The van der Waals surface area contributed by atoms with Gasteiger partial charge in [-0.15, -0.1) is 0 Å². The van der Waals surface area contributed by atoms with E-state index in [1.807, 2.05) is 0 Å². The molecule has 0 rings (SSSR count). The van der Waals surface area contributed by atoms with Gasteiger partial charge in [-0.25, -0.2) is 0 Å². The maximum atomic E-state index is 12.3. The number of carbonyl (C=O) groups is 1. The predicted octanol–water partition coefficient (Wildman–Crippen LogP) is 12.8. The average molecular weight is 662 g/mol. The molecule has 47 heavy (non-hydrogen) atoms. The summed E-state index contributed by atoms with van der Waals surface area (Å²) in [4.78, 5) is 12.3. The Balaban J connectivity index is 3.53. The largest absolute Gasteiger partial charge is 0.394 e. The van der Waals surface area contributed by atoms with Gasteiger partial charge in [0.1, 0.15) is 0 Å². The molecule has 2 unspecified atom stereocenters. The zero-order chi connectivity index (χ0) is 34.3. The summed E-state index contributed by atoms with van der Waals surface area (Å²) >= 11 is 0. The first-order valence-corrected chi connectivity index (χ1v) is 21.0. The molecule has 0 radical (unpaired) electrons. The van der Waals surface area contributed by atoms with E-state index in [2.05, 4.69) is 43.5 Å². The van der Waals surface area contributed by atoms with Crippen LogP contribution in [0.15, 0.2) is 24.3 Å². The summed E-state index contributed by atoms with van der Waals surface area (Å²) in [6.07, 6.45) is 49.8. The third kappa shape index (κ3) is 36.0. The first-order chi connectivity index (χ1) is 23.2. The molecule has 0 heterocycles. The summed E-state index contributed by atoms with van der Waals surface area (Å²) in [5.74, 6) is -0.0968. The monoisotopic (exact) mass is 662 g/mol. The van der Waals surface area contributed by atoms with Crippen LogP contribution in [0.25, 0.3) is 0 Å². The van der Waals surface area contributed by atoms with Crippen LogP contribution in [0.4, 0.5) is 0 Å². The van der Waals surface area contributed by atoms with Crippen molar-refractivity contribution in [3.05, 3.63) is 24.3 Å². The summed E-state index contributed by atoms with van der Waals surface area (Å²) in [7, 11) is 0. The normalized spacial score (nSPS) is 13.2. The second kappa shape index (κ2) is 39.3. The van der Waals surface area contributed by atoms with Crippen LogP contribution in [0.2, 0.25) is 0 Å². The molecule has 4 heteroatoms. The van der Waals surface area contributed by atoms with Crippen molar-refractivity contribution < 1.29 is 15.0 Å². The van der Waals surface area contributed by atoms with Crippen molar-refractivity contribution >= 4 is 5.91 Å². The van der Waals surface area contributed by atoms with Gasteiger partial charge in [0.25, 0.3) is 0 Å². The van der Waals surface area contributed by atoms with Crippen molar-refractivity contribution in [3.63, 3.8) is 0 Å². The van der Waals surface area contributed by atoms with Gasteiger partial charge in [-0.05, 0) is 32.1 Å². The van der Waals surface area contributed by atoms with Crippen molar-refractivity contribution in [1.82, 2.24) is 5.32 Å². The Bertz CT molecular complexity index is 676. The van der Waals surface area contributed by atoms with Gasteiger partial charge in [-0.3, -0.25) is 4.79 Å². The van der Waals surface area contributed by atoms with Crippen LogP contribution in [0.3, 0.4) is 0 Å². The number of amides is 1. The smallest absolute Gasteiger partial charge is 0.220 e. The van der Waals surface area contributed by atoms with E-state index in [1.54, 1.807) is 0 Å². The van der Waals surface area contributed by atoms with Crippen LogP contribution in [-0.2, 0) is 4.79 Å². The number of unbranched alkanes of at least 4 members (excludes halogenated alkanes) is 27. The van der Waals surface area contributed by atoms with Crippen molar-refractivity contribution in [2.45, 2.75) is 238 Å². The molecule has 0 fully saturated rings. The molecule has 0 saturated heterocycles. The van der Waals surface area contributed by atoms with E-state index in [-0.39, 0.29) is 12.5 Å². The summed E-state index contributed by atoms with van der Waals surface area (Å²) < 4.78 is 0. The van der Waals surface area contributed by atoms with E-state index in [1.165, 1.54) is 167 Å². The Morgan fingerprint density at radius 1 is 0.511 bits per heavy atom. The highest BCUT2D eigenvalue weighted by Crippen LogP contribution is 2.16. The van der Waals surface area contributed by atoms with Gasteiger partial charge in [0.2, 0.25) is 5.91 Å². The third-order valence-electron chi connectivity index (χ3n) is 9.73. The van der Waals surface area contributed by atoms with E-state index in [9.17, 15) is 15.0 Å². The number of hydrogen-bond acceptors (Lipinski definition) is 3. The molecule has 0 aromatic carbocycles. The maximum Gasteiger partial charge on any atom is 0.220 e. The van der Waals surface area contributed by atoms with Crippen LogP contribution in [-0.4, -0.2) is 34.9 Å². The summed E-state index contributed by atoms with van der Waals surface area (Å²) in [5, 5.41) is 23.1. The fourth-order valence-electron chi connectivity index (χ4n) is 6.47. The minimum atomic E-state index is -0.679. The number of hydrogen-bond donors (Lipinski definition) is 3. The van der Waals surface area contributed by atoms with Crippen LogP contribution in [0.5, 0.6) is 0 Å². The number of nitrogens with one attached hydrogen (secondary N) is 1. The molecule has 0 aromatic heterocycles. The quantitative estimate of drug-likeness (QED) is 0.0455. The summed E-state index contributed by atoms with van der Waals surface area (Å²) in [6, 6.07) is -0.564. The molecule has 3 N–H and O–H groups in total. The summed E-state index contributed by atoms with van der Waals surface area (Å²) in [6.45, 7) is 4.33. The SMILES string of the molecule is CCCCCCCC/C=C\C/C=C\CCC(=O)NC(CO)C(O)CCCCCCCCCCCCCCCCCCCCCCCC. The second-order valence-electron chi connectivity index (χ2n) is 14.4. The number of aliphatic hydroxyl groups excluding tert-OH is 2. The van der Waals surface area contributed by atoms with Gasteiger partial charge in [-0.2, -0.15) is 0 Å². The zero-order valence-electron chi connectivity index (χ0n) is 31.8. The van der Waals surface area contributed by atoms with Crippen molar-refractivity contribution in [2.24, 2.45) is 0 Å². The van der Waals surface area contributed by atoms with Gasteiger partial charge in [-0.1, -0.05) is 212 Å². The van der Waals surface area contributed by atoms with Crippen LogP contribution in [0.1, 0.15) is 226 Å². The standard InChI is InChI=1S/C43H83NO3/c1-3-5-7-9-11-13-15-17-18-19-20-21-22-23-24-25-27-28-30-32-34-36-38-42(46)41(40-45)44-43(47)39-37-35-33-31-29-26-16-14-12-10-8-6-4-2/h26,29,33,35,41-42,45-46H,3-25,27-28,30-32,34,36-40H2,1-2H3,(H,44,47)/b29-26-,35-33-. The van der Waals surface area contributed by atoms with E-state index < -0.39 is 12.1 Å². The van der Waals surface area contributed by atoms with Crippen molar-refractivity contribution in [2.75, 3.05) is 6.61 Å². The minimum absolute atomic E-state index is 0.0968. The van der Waals surface area contributed by atoms with Gasteiger partial charge in [0, 0.05) is 6.42 Å². The van der Waals surface area contributed by atoms with Crippen molar-refractivity contribution in [1.29, 1.82) is 0 Å². The predicted molar refractivity (Wildman–Crippen MR) is 207 cm³/mol. The first-order valence-electron chi connectivity index (χ1n) is 21.0. The highest BCUT2D eigenvalue weighted by Gasteiger charge is 2.19. The van der Waals surface area contributed by atoms with E-state index in [0.29, 0.717) is 19.3 Å². The van der Waals surface area contributed by atoms with E-state index in [0.717, 1.165) is 25.7 Å². The molecular formula is C43H83NO3. The molecule has 0 saturated carbocycles. The molecule has 0 spiro atoms. The molecule has 0 aliphatic heterocycles. The fraction of sp³-hybridized carbons (Fsp3) is 0.884. The van der Waals surface area contributed by atoms with Gasteiger partial charge in [0.05, 0.1) is 18.8 Å². The Morgan fingerprint density at radius 2 is 0.872 bits per heavy atom. The second-order valence-corrected chi connectivity index (χ2v) is 14.4. The Kier molecular flexibility index (Phi) is 38.4. The first kappa shape index (κ1) is 45.9. The number of rotatable bonds is 38. The molecule has 2 atom stereocenters. The van der Waals surface area contributed by atoms with E-state index >= 15 is 0 Å². The molecule has 278 valence electrons. The van der Waals surface area contributed by atoms with Crippen LogP contribution < -0.4 is 5.32 Å². The molecule has 0 aromatic rings. The Hall–Kier alpha value is -1.13. The van der Waals surface area contributed by atoms with Gasteiger partial charge in [0.15, 0.2) is 0 Å². The lowest BCUT2D eigenvalue weighted by Crippen LogP contribution is -2.45. The minimum Gasteiger partial charge on any atom is -0.394 e. The molecule has 0 aliphatic carbocycles. The number of allylic oxidation sites excluding steroid dienone is 4. The Labute approximate surface area is 294 Å². The van der Waals surface area contributed by atoms with E-state index in [4.69, 9.17) is 0 Å². The molecule has 0 bridgehead atoms. The highest BCUT2D eigenvalue weighted by atomic mass is 16.3.